The number of rotatable bonds is 3. The van der Waals surface area contributed by atoms with Gasteiger partial charge in [0.2, 0.25) is 0 Å². The Morgan fingerprint density at radius 3 is 2.56 bits per heavy atom. The highest BCUT2D eigenvalue weighted by Crippen LogP contribution is 2.49. The van der Waals surface area contributed by atoms with Crippen molar-refractivity contribution in [1.29, 1.82) is 0 Å². The van der Waals surface area contributed by atoms with E-state index in [1.807, 2.05) is 23.9 Å². The standard InChI is InChI=1S/C14H19Cl2NS/c1-4-7-17-13-8(2)9(3)18-14-11(16)6-5-10(15)12(13)14/h5-6,8-9,13,17H,4,7H2,1-3H3. The summed E-state index contributed by atoms with van der Waals surface area (Å²) in [6, 6.07) is 4.12. The summed E-state index contributed by atoms with van der Waals surface area (Å²) in [5.74, 6) is 0.546. The minimum Gasteiger partial charge on any atom is -0.310 e. The molecule has 0 bridgehead atoms. The fourth-order valence-corrected chi connectivity index (χ4v) is 4.29. The molecule has 0 saturated carbocycles. The van der Waals surface area contributed by atoms with Crippen LogP contribution in [0.15, 0.2) is 17.0 Å². The normalized spacial score (nSPS) is 27.1. The number of thioether (sulfide) groups is 1. The number of fused-ring (bicyclic) bond motifs is 1. The molecule has 1 heterocycles. The maximum Gasteiger partial charge on any atom is 0.0546 e. The lowest BCUT2D eigenvalue weighted by atomic mass is 9.91. The molecule has 3 unspecified atom stereocenters. The molecule has 18 heavy (non-hydrogen) atoms. The Hall–Kier alpha value is 0.110. The van der Waals surface area contributed by atoms with Gasteiger partial charge in [0.25, 0.3) is 0 Å². The lowest BCUT2D eigenvalue weighted by molar-refractivity contribution is 0.373. The second kappa shape index (κ2) is 6.04. The molecule has 0 saturated heterocycles. The lowest BCUT2D eigenvalue weighted by Crippen LogP contribution is -2.35. The molecular weight excluding hydrogens is 285 g/mol. The molecule has 1 aromatic carbocycles. The van der Waals surface area contributed by atoms with Gasteiger partial charge in [-0.2, -0.15) is 0 Å². The Labute approximate surface area is 124 Å². The number of hydrogen-bond donors (Lipinski definition) is 1. The molecule has 100 valence electrons. The third kappa shape index (κ3) is 2.67. The van der Waals surface area contributed by atoms with Crippen LogP contribution >= 0.6 is 35.0 Å². The van der Waals surface area contributed by atoms with Crippen molar-refractivity contribution < 1.29 is 0 Å². The van der Waals surface area contributed by atoms with Crippen molar-refractivity contribution in [3.8, 4) is 0 Å². The number of nitrogens with one attached hydrogen (secondary N) is 1. The maximum absolute atomic E-state index is 6.39. The summed E-state index contributed by atoms with van der Waals surface area (Å²) in [6.07, 6.45) is 1.12. The van der Waals surface area contributed by atoms with Crippen LogP contribution in [-0.2, 0) is 0 Å². The zero-order valence-corrected chi connectivity index (χ0v) is 13.3. The predicted molar refractivity (Wildman–Crippen MR) is 82.0 cm³/mol. The topological polar surface area (TPSA) is 12.0 Å². The van der Waals surface area contributed by atoms with Crippen molar-refractivity contribution >= 4 is 35.0 Å². The summed E-state index contributed by atoms with van der Waals surface area (Å²) in [7, 11) is 0. The zero-order valence-electron chi connectivity index (χ0n) is 11.0. The van der Waals surface area contributed by atoms with E-state index in [1.165, 1.54) is 5.56 Å². The Morgan fingerprint density at radius 1 is 1.22 bits per heavy atom. The fourth-order valence-electron chi connectivity index (χ4n) is 2.37. The van der Waals surface area contributed by atoms with E-state index in [1.54, 1.807) is 0 Å². The van der Waals surface area contributed by atoms with E-state index in [0.29, 0.717) is 17.2 Å². The largest absolute Gasteiger partial charge is 0.310 e. The maximum atomic E-state index is 6.39. The van der Waals surface area contributed by atoms with Gasteiger partial charge in [-0.3, -0.25) is 0 Å². The molecule has 0 amide bonds. The van der Waals surface area contributed by atoms with Crippen LogP contribution in [0.25, 0.3) is 0 Å². The summed E-state index contributed by atoms with van der Waals surface area (Å²) in [4.78, 5) is 1.16. The van der Waals surface area contributed by atoms with Gasteiger partial charge in [0.1, 0.15) is 0 Å². The van der Waals surface area contributed by atoms with E-state index in [-0.39, 0.29) is 0 Å². The molecule has 0 radical (unpaired) electrons. The Bertz CT molecular complexity index is 436. The molecule has 4 heteroatoms. The van der Waals surface area contributed by atoms with Crippen LogP contribution in [-0.4, -0.2) is 11.8 Å². The minimum atomic E-state index is 0.308. The van der Waals surface area contributed by atoms with E-state index in [4.69, 9.17) is 23.2 Å². The van der Waals surface area contributed by atoms with Gasteiger partial charge in [-0.15, -0.1) is 11.8 Å². The summed E-state index contributed by atoms with van der Waals surface area (Å²) in [5.41, 5.74) is 1.19. The third-order valence-corrected chi connectivity index (χ3v) is 5.82. The van der Waals surface area contributed by atoms with E-state index >= 15 is 0 Å². The average Bonchev–Trinajstić information content (AvgIpc) is 2.35. The van der Waals surface area contributed by atoms with Gasteiger partial charge in [0, 0.05) is 26.8 Å². The average molecular weight is 304 g/mol. The molecular formula is C14H19Cl2NS. The van der Waals surface area contributed by atoms with Crippen LogP contribution in [0.1, 0.15) is 38.8 Å². The van der Waals surface area contributed by atoms with Crippen molar-refractivity contribution in [3.63, 3.8) is 0 Å². The van der Waals surface area contributed by atoms with E-state index in [2.05, 4.69) is 26.1 Å². The van der Waals surface area contributed by atoms with Crippen molar-refractivity contribution in [2.45, 2.75) is 43.4 Å². The highest BCUT2D eigenvalue weighted by molar-refractivity contribution is 8.00. The Morgan fingerprint density at radius 2 is 1.89 bits per heavy atom. The molecule has 1 N–H and O–H groups in total. The monoisotopic (exact) mass is 303 g/mol. The molecule has 3 atom stereocenters. The van der Waals surface area contributed by atoms with E-state index in [0.717, 1.165) is 27.9 Å². The molecule has 0 aliphatic carbocycles. The van der Waals surface area contributed by atoms with Gasteiger partial charge in [-0.1, -0.05) is 44.0 Å². The Balaban J connectivity index is 2.44. The molecule has 1 nitrogen and oxygen atoms in total. The number of benzene rings is 1. The summed E-state index contributed by atoms with van der Waals surface area (Å²) >= 11 is 14.5. The van der Waals surface area contributed by atoms with Gasteiger partial charge < -0.3 is 5.32 Å². The van der Waals surface area contributed by atoms with Crippen molar-refractivity contribution in [1.82, 2.24) is 5.32 Å². The van der Waals surface area contributed by atoms with Crippen LogP contribution < -0.4 is 5.32 Å². The van der Waals surface area contributed by atoms with Gasteiger partial charge in [0.05, 0.1) is 5.02 Å². The SMILES string of the molecule is CCCNC1c2c(Cl)ccc(Cl)c2SC(C)C1C. The molecule has 2 rings (SSSR count). The molecule has 0 fully saturated rings. The van der Waals surface area contributed by atoms with Crippen molar-refractivity contribution in [2.75, 3.05) is 6.54 Å². The van der Waals surface area contributed by atoms with E-state index < -0.39 is 0 Å². The van der Waals surface area contributed by atoms with Gasteiger partial charge in [0.15, 0.2) is 0 Å². The first-order valence-corrected chi connectivity index (χ1v) is 8.07. The van der Waals surface area contributed by atoms with Crippen molar-refractivity contribution in [2.24, 2.45) is 5.92 Å². The highest BCUT2D eigenvalue weighted by Gasteiger charge is 2.34. The predicted octanol–water partition coefficient (Wildman–Crippen LogP) is 5.16. The zero-order chi connectivity index (χ0) is 13.3. The fraction of sp³-hybridized carbons (Fsp3) is 0.571. The Kier molecular flexibility index (Phi) is 4.87. The number of hydrogen-bond acceptors (Lipinski definition) is 2. The minimum absolute atomic E-state index is 0.308. The highest BCUT2D eigenvalue weighted by atomic mass is 35.5. The molecule has 1 aliphatic rings. The molecule has 0 aromatic heterocycles. The number of halogens is 2. The van der Waals surface area contributed by atoms with Gasteiger partial charge in [-0.25, -0.2) is 0 Å². The first kappa shape index (κ1) is 14.5. The molecule has 1 aliphatic heterocycles. The van der Waals surface area contributed by atoms with Gasteiger partial charge >= 0.3 is 0 Å². The van der Waals surface area contributed by atoms with Crippen molar-refractivity contribution in [3.05, 3.63) is 27.7 Å². The van der Waals surface area contributed by atoms with Crippen LogP contribution in [0.4, 0.5) is 0 Å². The first-order chi connectivity index (χ1) is 8.56. The quantitative estimate of drug-likeness (QED) is 0.827. The van der Waals surface area contributed by atoms with Crippen LogP contribution in [0, 0.1) is 5.92 Å². The summed E-state index contributed by atoms with van der Waals surface area (Å²) in [5, 5.41) is 5.81. The van der Waals surface area contributed by atoms with Crippen LogP contribution in [0.5, 0.6) is 0 Å². The second-order valence-corrected chi connectivity index (χ2v) is 7.09. The van der Waals surface area contributed by atoms with Crippen LogP contribution in [0.2, 0.25) is 10.0 Å². The second-order valence-electron chi connectivity index (χ2n) is 4.89. The van der Waals surface area contributed by atoms with Gasteiger partial charge in [-0.05, 0) is 31.0 Å². The van der Waals surface area contributed by atoms with E-state index in [9.17, 15) is 0 Å². The molecule has 1 aromatic rings. The summed E-state index contributed by atoms with van der Waals surface area (Å²) in [6.45, 7) is 7.73. The molecule has 0 spiro atoms. The lowest BCUT2D eigenvalue weighted by Gasteiger charge is -2.37. The first-order valence-electron chi connectivity index (χ1n) is 6.44. The third-order valence-electron chi connectivity index (χ3n) is 3.59. The summed E-state index contributed by atoms with van der Waals surface area (Å²) < 4.78 is 0. The smallest absolute Gasteiger partial charge is 0.0546 e. The van der Waals surface area contributed by atoms with Crippen LogP contribution in [0.3, 0.4) is 0 Å².